The summed E-state index contributed by atoms with van der Waals surface area (Å²) in [4.78, 5) is 14.5. The summed E-state index contributed by atoms with van der Waals surface area (Å²) < 4.78 is 5.39. The van der Waals surface area contributed by atoms with E-state index in [0.29, 0.717) is 18.2 Å². The van der Waals surface area contributed by atoms with Crippen molar-refractivity contribution in [3.05, 3.63) is 65.2 Å². The molecular formula is C20H22N2O3. The van der Waals surface area contributed by atoms with Crippen LogP contribution in [0.4, 0.5) is 5.69 Å². The van der Waals surface area contributed by atoms with Crippen molar-refractivity contribution in [3.63, 3.8) is 0 Å². The Hall–Kier alpha value is -2.82. The standard InChI is InChI=1S/C13H16N2O.C7H6O2/c1-2-6-11-10(4-1)5-3-7-12(11)15-13-14-8-9-16-13;8-7(9)6-4-2-1-3-5-6/h3,5,7H,1-2,4,6,8-9H2,(H,14,15);1-5H,(H,8,9). The molecule has 1 aliphatic heterocycles. The topological polar surface area (TPSA) is 70.9 Å². The number of fused-ring (bicyclic) bond motifs is 1. The van der Waals surface area contributed by atoms with Gasteiger partial charge in [0.05, 0.1) is 12.1 Å². The molecule has 0 spiro atoms. The van der Waals surface area contributed by atoms with Crippen LogP contribution in [0.15, 0.2) is 53.5 Å². The fourth-order valence-corrected chi connectivity index (χ4v) is 3.01. The van der Waals surface area contributed by atoms with Crippen molar-refractivity contribution < 1.29 is 14.6 Å². The van der Waals surface area contributed by atoms with Crippen LogP contribution < -0.4 is 5.32 Å². The SMILES string of the molecule is O=C(O)c1ccccc1.c1cc2c(c(NC3=NCCO3)c1)CCCC2. The number of rotatable bonds is 2. The van der Waals surface area contributed by atoms with Gasteiger partial charge in [0, 0.05) is 5.69 Å². The van der Waals surface area contributed by atoms with Crippen molar-refractivity contribution in [1.29, 1.82) is 0 Å². The van der Waals surface area contributed by atoms with Crippen molar-refractivity contribution >= 4 is 17.7 Å². The van der Waals surface area contributed by atoms with E-state index in [2.05, 4.69) is 28.5 Å². The zero-order valence-electron chi connectivity index (χ0n) is 14.1. The smallest absolute Gasteiger partial charge is 0.335 e. The van der Waals surface area contributed by atoms with E-state index in [0.717, 1.165) is 6.54 Å². The van der Waals surface area contributed by atoms with Crippen molar-refractivity contribution in [3.8, 4) is 0 Å². The zero-order valence-corrected chi connectivity index (χ0v) is 14.1. The van der Waals surface area contributed by atoms with E-state index in [1.807, 2.05) is 0 Å². The maximum atomic E-state index is 10.2. The Bertz CT molecular complexity index is 757. The highest BCUT2D eigenvalue weighted by atomic mass is 16.5. The molecule has 2 N–H and O–H groups in total. The first-order valence-corrected chi connectivity index (χ1v) is 8.57. The number of amidine groups is 1. The lowest BCUT2D eigenvalue weighted by molar-refractivity contribution is 0.0697. The lowest BCUT2D eigenvalue weighted by Crippen LogP contribution is -2.15. The number of hydrogen-bond acceptors (Lipinski definition) is 4. The maximum Gasteiger partial charge on any atom is 0.335 e. The molecule has 2 aliphatic rings. The highest BCUT2D eigenvalue weighted by molar-refractivity contribution is 5.91. The van der Waals surface area contributed by atoms with Crippen LogP contribution in [-0.2, 0) is 17.6 Å². The summed E-state index contributed by atoms with van der Waals surface area (Å²) in [6.07, 6.45) is 4.98. The fourth-order valence-electron chi connectivity index (χ4n) is 3.01. The van der Waals surface area contributed by atoms with Crippen molar-refractivity contribution in [2.75, 3.05) is 18.5 Å². The van der Waals surface area contributed by atoms with Crippen LogP contribution in [0.3, 0.4) is 0 Å². The highest BCUT2D eigenvalue weighted by Crippen LogP contribution is 2.28. The van der Waals surface area contributed by atoms with Crippen LogP contribution in [0.25, 0.3) is 0 Å². The summed E-state index contributed by atoms with van der Waals surface area (Å²) in [5.74, 6) is -0.879. The molecule has 0 saturated carbocycles. The van der Waals surface area contributed by atoms with E-state index in [4.69, 9.17) is 9.84 Å². The van der Waals surface area contributed by atoms with Gasteiger partial charge in [-0.15, -0.1) is 0 Å². The molecule has 0 unspecified atom stereocenters. The van der Waals surface area contributed by atoms with Crippen LogP contribution in [0, 0.1) is 0 Å². The van der Waals surface area contributed by atoms with E-state index in [-0.39, 0.29) is 0 Å². The summed E-state index contributed by atoms with van der Waals surface area (Å²) in [5.41, 5.74) is 4.44. The Morgan fingerprint density at radius 2 is 1.84 bits per heavy atom. The molecule has 0 radical (unpaired) electrons. The van der Waals surface area contributed by atoms with Gasteiger partial charge in [0.1, 0.15) is 6.61 Å². The number of carbonyl (C=O) groups is 1. The first kappa shape index (κ1) is 17.0. The van der Waals surface area contributed by atoms with Crippen LogP contribution in [0.5, 0.6) is 0 Å². The number of benzene rings is 2. The molecule has 0 amide bonds. The van der Waals surface area contributed by atoms with Gasteiger partial charge in [0.2, 0.25) is 0 Å². The van der Waals surface area contributed by atoms with E-state index >= 15 is 0 Å². The Kier molecular flexibility index (Phi) is 5.67. The quantitative estimate of drug-likeness (QED) is 0.875. The molecule has 5 heteroatoms. The van der Waals surface area contributed by atoms with Gasteiger partial charge in [-0.2, -0.15) is 0 Å². The number of anilines is 1. The molecule has 4 rings (SSSR count). The third-order valence-electron chi connectivity index (χ3n) is 4.24. The molecule has 2 aromatic rings. The molecule has 2 aromatic carbocycles. The Morgan fingerprint density at radius 3 is 2.52 bits per heavy atom. The fraction of sp³-hybridized carbons (Fsp3) is 0.300. The number of carboxylic acids is 1. The Morgan fingerprint density at radius 1 is 1.04 bits per heavy atom. The van der Waals surface area contributed by atoms with Gasteiger partial charge < -0.3 is 15.2 Å². The minimum absolute atomic E-state index is 0.331. The first-order chi connectivity index (χ1) is 12.2. The summed E-state index contributed by atoms with van der Waals surface area (Å²) in [7, 11) is 0. The van der Waals surface area contributed by atoms with Gasteiger partial charge in [-0.05, 0) is 55.0 Å². The summed E-state index contributed by atoms with van der Waals surface area (Å²) in [6.45, 7) is 1.48. The monoisotopic (exact) mass is 338 g/mol. The third-order valence-corrected chi connectivity index (χ3v) is 4.24. The average molecular weight is 338 g/mol. The summed E-state index contributed by atoms with van der Waals surface area (Å²) >= 11 is 0. The second-order valence-electron chi connectivity index (χ2n) is 5.98. The molecule has 0 bridgehead atoms. The average Bonchev–Trinajstić information content (AvgIpc) is 3.16. The molecule has 0 aromatic heterocycles. The van der Waals surface area contributed by atoms with Crippen molar-refractivity contribution in [2.24, 2.45) is 4.99 Å². The summed E-state index contributed by atoms with van der Waals surface area (Å²) in [6, 6.07) is 15.4. The molecule has 0 saturated heterocycles. The molecular weight excluding hydrogens is 316 g/mol. The summed E-state index contributed by atoms with van der Waals surface area (Å²) in [5, 5.41) is 11.7. The third kappa shape index (κ3) is 4.59. The predicted octanol–water partition coefficient (Wildman–Crippen LogP) is 3.75. The zero-order chi connectivity index (χ0) is 17.5. The number of ether oxygens (including phenoxy) is 1. The number of nitrogens with zero attached hydrogens (tertiary/aromatic N) is 1. The first-order valence-electron chi connectivity index (χ1n) is 8.57. The number of nitrogens with one attached hydrogen (secondary N) is 1. The van der Waals surface area contributed by atoms with Crippen LogP contribution in [0.2, 0.25) is 0 Å². The molecule has 0 atom stereocenters. The number of aryl methyl sites for hydroxylation is 1. The van der Waals surface area contributed by atoms with Crippen molar-refractivity contribution in [1.82, 2.24) is 0 Å². The number of hydrogen-bond donors (Lipinski definition) is 2. The van der Waals surface area contributed by atoms with E-state index in [9.17, 15) is 4.79 Å². The second kappa shape index (κ2) is 8.33. The molecule has 130 valence electrons. The largest absolute Gasteiger partial charge is 0.478 e. The Balaban J connectivity index is 0.000000173. The minimum Gasteiger partial charge on any atom is -0.478 e. The van der Waals surface area contributed by atoms with Gasteiger partial charge in [-0.25, -0.2) is 9.79 Å². The van der Waals surface area contributed by atoms with Crippen LogP contribution in [-0.4, -0.2) is 30.2 Å². The van der Waals surface area contributed by atoms with Gasteiger partial charge in [-0.1, -0.05) is 30.3 Å². The Labute approximate surface area is 147 Å². The van der Waals surface area contributed by atoms with E-state index in [1.165, 1.54) is 42.5 Å². The lowest BCUT2D eigenvalue weighted by Gasteiger charge is -2.19. The predicted molar refractivity (Wildman–Crippen MR) is 98.4 cm³/mol. The van der Waals surface area contributed by atoms with Crippen molar-refractivity contribution in [2.45, 2.75) is 25.7 Å². The van der Waals surface area contributed by atoms with Crippen LogP contribution >= 0.6 is 0 Å². The maximum absolute atomic E-state index is 10.2. The van der Waals surface area contributed by atoms with Gasteiger partial charge in [0.25, 0.3) is 6.02 Å². The minimum atomic E-state index is -0.879. The molecule has 25 heavy (non-hydrogen) atoms. The number of aliphatic imine (C=N–C) groups is 1. The van der Waals surface area contributed by atoms with Gasteiger partial charge in [-0.3, -0.25) is 0 Å². The van der Waals surface area contributed by atoms with E-state index < -0.39 is 5.97 Å². The molecule has 1 heterocycles. The number of aromatic carboxylic acids is 1. The van der Waals surface area contributed by atoms with Crippen LogP contribution in [0.1, 0.15) is 34.3 Å². The van der Waals surface area contributed by atoms with Gasteiger partial charge in [0.15, 0.2) is 0 Å². The molecule has 1 aliphatic carbocycles. The van der Waals surface area contributed by atoms with E-state index in [1.54, 1.807) is 30.3 Å². The lowest BCUT2D eigenvalue weighted by atomic mass is 9.90. The van der Waals surface area contributed by atoms with Gasteiger partial charge >= 0.3 is 5.97 Å². The normalized spacial score (nSPS) is 15.1. The molecule has 5 nitrogen and oxygen atoms in total. The highest BCUT2D eigenvalue weighted by Gasteiger charge is 2.15. The number of carboxylic acid groups (broad SMARTS) is 1. The second-order valence-corrected chi connectivity index (χ2v) is 5.98. The molecule has 0 fully saturated rings.